The lowest BCUT2D eigenvalue weighted by atomic mass is 10.2. The molecule has 28 heavy (non-hydrogen) atoms. The number of benzene rings is 2. The fraction of sp³-hybridized carbons (Fsp3) is 0.105. The number of rotatable bonds is 7. The molecule has 0 amide bonds. The Kier molecular flexibility index (Phi) is 6.23. The number of anilines is 1. The van der Waals surface area contributed by atoms with Gasteiger partial charge in [0.2, 0.25) is 0 Å². The van der Waals surface area contributed by atoms with E-state index in [9.17, 15) is 9.18 Å². The van der Waals surface area contributed by atoms with Gasteiger partial charge in [-0.25, -0.2) is 9.49 Å². The lowest BCUT2D eigenvalue weighted by molar-refractivity contribution is 0.279. The van der Waals surface area contributed by atoms with Crippen molar-refractivity contribution in [2.24, 2.45) is 5.10 Å². The van der Waals surface area contributed by atoms with Crippen LogP contribution in [-0.4, -0.2) is 23.5 Å². The van der Waals surface area contributed by atoms with E-state index in [2.05, 4.69) is 20.7 Å². The van der Waals surface area contributed by atoms with Gasteiger partial charge in [-0.15, -0.1) is 0 Å². The number of halogens is 2. The lowest BCUT2D eigenvalue weighted by Crippen LogP contribution is -2.10. The van der Waals surface area contributed by atoms with E-state index in [4.69, 9.17) is 21.1 Å². The third-order valence-corrected chi connectivity index (χ3v) is 4.10. The first-order valence-corrected chi connectivity index (χ1v) is 8.53. The van der Waals surface area contributed by atoms with Crippen molar-refractivity contribution in [1.82, 2.24) is 10.2 Å². The minimum atomic E-state index is -0.514. The summed E-state index contributed by atoms with van der Waals surface area (Å²) in [7, 11) is 1.51. The van der Waals surface area contributed by atoms with Crippen molar-refractivity contribution in [3.05, 3.63) is 81.0 Å². The highest BCUT2D eigenvalue weighted by Crippen LogP contribution is 2.28. The molecule has 0 aliphatic carbocycles. The summed E-state index contributed by atoms with van der Waals surface area (Å²) in [5.74, 6) is 0.609. The molecule has 0 atom stereocenters. The van der Waals surface area contributed by atoms with Gasteiger partial charge < -0.3 is 9.47 Å². The average Bonchev–Trinajstić information content (AvgIpc) is 2.71. The number of H-pyrrole nitrogens is 1. The number of aromatic nitrogens is 2. The number of nitrogens with zero attached hydrogens (tertiary/aromatic N) is 2. The highest BCUT2D eigenvalue weighted by Gasteiger charge is 2.08. The van der Waals surface area contributed by atoms with Crippen LogP contribution in [0.25, 0.3) is 0 Å². The molecule has 7 nitrogen and oxygen atoms in total. The molecule has 0 radical (unpaired) electrons. The standard InChI is InChI=1S/C19H16ClFN4O3/c1-27-17-8-12(9-22-24-15-10-23-25-19(26)18(15)20)6-7-16(17)28-11-13-4-2-3-5-14(13)21/h2-10H,11H2,1H3,(H2,24,25,26)/b22-9+. The van der Waals surface area contributed by atoms with Crippen LogP contribution in [0.5, 0.6) is 11.5 Å². The van der Waals surface area contributed by atoms with E-state index in [0.29, 0.717) is 22.6 Å². The summed E-state index contributed by atoms with van der Waals surface area (Å²) in [6.07, 6.45) is 2.86. The zero-order chi connectivity index (χ0) is 19.9. The molecule has 0 spiro atoms. The molecule has 1 heterocycles. The topological polar surface area (TPSA) is 88.6 Å². The second-order valence-electron chi connectivity index (χ2n) is 5.59. The fourth-order valence-electron chi connectivity index (χ4n) is 2.29. The number of nitrogens with one attached hydrogen (secondary N) is 2. The molecule has 9 heteroatoms. The van der Waals surface area contributed by atoms with Crippen LogP contribution in [0, 0.1) is 5.82 Å². The monoisotopic (exact) mass is 402 g/mol. The van der Waals surface area contributed by atoms with Crippen molar-refractivity contribution in [2.75, 3.05) is 12.5 Å². The number of hydrogen-bond acceptors (Lipinski definition) is 6. The lowest BCUT2D eigenvalue weighted by Gasteiger charge is -2.11. The minimum absolute atomic E-state index is 0.0402. The summed E-state index contributed by atoms with van der Waals surface area (Å²) in [4.78, 5) is 11.4. The highest BCUT2D eigenvalue weighted by molar-refractivity contribution is 6.32. The molecule has 2 aromatic carbocycles. The van der Waals surface area contributed by atoms with E-state index in [1.54, 1.807) is 36.4 Å². The zero-order valence-corrected chi connectivity index (χ0v) is 15.5. The molecule has 0 saturated carbocycles. The number of aromatic amines is 1. The SMILES string of the molecule is COc1cc(/C=N/Nc2cn[nH]c(=O)c2Cl)ccc1OCc1ccccc1F. The average molecular weight is 403 g/mol. The first-order chi connectivity index (χ1) is 13.6. The minimum Gasteiger partial charge on any atom is -0.493 e. The van der Waals surface area contributed by atoms with Crippen LogP contribution < -0.4 is 20.5 Å². The molecule has 3 aromatic rings. The first kappa shape index (κ1) is 19.4. The van der Waals surface area contributed by atoms with Crippen molar-refractivity contribution in [2.45, 2.75) is 6.61 Å². The third-order valence-electron chi connectivity index (χ3n) is 3.72. The predicted molar refractivity (Wildman–Crippen MR) is 105 cm³/mol. The van der Waals surface area contributed by atoms with E-state index >= 15 is 0 Å². The molecule has 144 valence electrons. The molecule has 0 aliphatic heterocycles. The second kappa shape index (κ2) is 9.01. The van der Waals surface area contributed by atoms with Crippen molar-refractivity contribution >= 4 is 23.5 Å². The summed E-state index contributed by atoms with van der Waals surface area (Å²) in [5.41, 5.74) is 3.56. The summed E-state index contributed by atoms with van der Waals surface area (Å²) in [6.45, 7) is 0.0755. The third kappa shape index (κ3) is 4.66. The van der Waals surface area contributed by atoms with Gasteiger partial charge in [-0.3, -0.25) is 10.2 Å². The molecule has 0 fully saturated rings. The normalized spacial score (nSPS) is 10.8. The van der Waals surface area contributed by atoms with Gasteiger partial charge in [-0.1, -0.05) is 29.8 Å². The van der Waals surface area contributed by atoms with E-state index < -0.39 is 5.56 Å². The maximum Gasteiger partial charge on any atom is 0.285 e. The van der Waals surface area contributed by atoms with Gasteiger partial charge >= 0.3 is 0 Å². The maximum absolute atomic E-state index is 13.7. The van der Waals surface area contributed by atoms with E-state index in [0.717, 1.165) is 0 Å². The highest BCUT2D eigenvalue weighted by atomic mass is 35.5. The largest absolute Gasteiger partial charge is 0.493 e. The van der Waals surface area contributed by atoms with E-state index in [1.807, 2.05) is 0 Å². The summed E-state index contributed by atoms with van der Waals surface area (Å²) in [6, 6.07) is 11.6. The zero-order valence-electron chi connectivity index (χ0n) is 14.8. The fourth-order valence-corrected chi connectivity index (χ4v) is 2.43. The quantitative estimate of drug-likeness (QED) is 0.465. The Hall–Kier alpha value is -3.39. The van der Waals surface area contributed by atoms with Gasteiger partial charge in [-0.05, 0) is 29.8 Å². The first-order valence-electron chi connectivity index (χ1n) is 8.15. The molecule has 2 N–H and O–H groups in total. The smallest absolute Gasteiger partial charge is 0.285 e. The van der Waals surface area contributed by atoms with Crippen LogP contribution in [0.15, 0.2) is 58.6 Å². The van der Waals surface area contributed by atoms with E-state index in [1.165, 1.54) is 25.6 Å². The van der Waals surface area contributed by atoms with Crippen LogP contribution >= 0.6 is 11.6 Å². The molecule has 0 unspecified atom stereocenters. The van der Waals surface area contributed by atoms with Gasteiger partial charge in [0.1, 0.15) is 23.1 Å². The van der Waals surface area contributed by atoms with Crippen molar-refractivity contribution < 1.29 is 13.9 Å². The van der Waals surface area contributed by atoms with Gasteiger partial charge in [0.15, 0.2) is 11.5 Å². The molecule has 1 aromatic heterocycles. The maximum atomic E-state index is 13.7. The Morgan fingerprint density at radius 3 is 2.89 bits per heavy atom. The molecular weight excluding hydrogens is 387 g/mol. The second-order valence-corrected chi connectivity index (χ2v) is 5.97. The Labute approximate surface area is 164 Å². The van der Waals surface area contributed by atoms with Crippen LogP contribution in [0.3, 0.4) is 0 Å². The summed E-state index contributed by atoms with van der Waals surface area (Å²) in [5, 5.41) is 9.84. The Morgan fingerprint density at radius 2 is 2.11 bits per heavy atom. The Bertz CT molecular complexity index is 1060. The van der Waals surface area contributed by atoms with Gasteiger partial charge in [0.25, 0.3) is 5.56 Å². The van der Waals surface area contributed by atoms with Gasteiger partial charge in [0.05, 0.1) is 19.5 Å². The number of methoxy groups -OCH3 is 1. The van der Waals surface area contributed by atoms with Gasteiger partial charge in [0, 0.05) is 5.56 Å². The van der Waals surface area contributed by atoms with Crippen molar-refractivity contribution in [3.63, 3.8) is 0 Å². The summed E-state index contributed by atoms with van der Waals surface area (Å²) < 4.78 is 24.7. The van der Waals surface area contributed by atoms with Crippen LogP contribution in [0.1, 0.15) is 11.1 Å². The number of ether oxygens (including phenoxy) is 2. The number of hydrogen-bond donors (Lipinski definition) is 2. The molecular formula is C19H16ClFN4O3. The van der Waals surface area contributed by atoms with Crippen molar-refractivity contribution in [3.8, 4) is 11.5 Å². The predicted octanol–water partition coefficient (Wildman–Crippen LogP) is 3.60. The van der Waals surface area contributed by atoms with Crippen LogP contribution in [-0.2, 0) is 6.61 Å². The molecule has 0 aliphatic rings. The van der Waals surface area contributed by atoms with Crippen LogP contribution in [0.4, 0.5) is 10.1 Å². The molecule has 3 rings (SSSR count). The van der Waals surface area contributed by atoms with E-state index in [-0.39, 0.29) is 23.1 Å². The Morgan fingerprint density at radius 1 is 1.29 bits per heavy atom. The molecule has 0 saturated heterocycles. The van der Waals surface area contributed by atoms with Gasteiger partial charge in [-0.2, -0.15) is 10.2 Å². The number of hydrazone groups is 1. The van der Waals surface area contributed by atoms with Crippen molar-refractivity contribution in [1.29, 1.82) is 0 Å². The molecule has 0 bridgehead atoms. The van der Waals surface area contributed by atoms with Crippen LogP contribution in [0.2, 0.25) is 5.02 Å². The Balaban J connectivity index is 1.69. The summed E-state index contributed by atoms with van der Waals surface area (Å²) >= 11 is 5.86.